The molecule has 3 N–H and O–H groups in total. The molecular formula is C21H20N8O5. The summed E-state index contributed by atoms with van der Waals surface area (Å²) in [5.41, 5.74) is 9.69. The molecule has 0 spiro atoms. The summed E-state index contributed by atoms with van der Waals surface area (Å²) in [6.45, 7) is 0. The van der Waals surface area contributed by atoms with Crippen LogP contribution in [-0.4, -0.2) is 58.8 Å². The molecule has 0 aliphatic carbocycles. The van der Waals surface area contributed by atoms with Crippen molar-refractivity contribution in [2.24, 2.45) is 5.10 Å². The third-order valence-electron chi connectivity index (χ3n) is 4.73. The first kappa shape index (κ1) is 22.3. The van der Waals surface area contributed by atoms with Crippen LogP contribution in [0, 0.1) is 0 Å². The van der Waals surface area contributed by atoms with Gasteiger partial charge in [0.25, 0.3) is 5.91 Å². The Morgan fingerprint density at radius 3 is 2.65 bits per heavy atom. The highest BCUT2D eigenvalue weighted by molar-refractivity contribution is 5.99. The maximum absolute atomic E-state index is 13.0. The number of nitrogens with two attached hydrogens (primary N) is 1. The van der Waals surface area contributed by atoms with Gasteiger partial charge in [-0.3, -0.25) is 4.79 Å². The number of nitrogens with zero attached hydrogens (tertiary/aromatic N) is 6. The minimum Gasteiger partial charge on any atom is -0.497 e. The fraction of sp³-hybridized carbons (Fsp3) is 0.143. The summed E-state index contributed by atoms with van der Waals surface area (Å²) in [7, 11) is 4.57. The zero-order valence-electron chi connectivity index (χ0n) is 18.4. The molecule has 174 valence electrons. The number of hydrogen-bond donors (Lipinski definition) is 2. The van der Waals surface area contributed by atoms with Gasteiger partial charge in [-0.25, -0.2) is 10.1 Å². The molecule has 0 aliphatic rings. The third-order valence-corrected chi connectivity index (χ3v) is 4.73. The number of aromatic nitrogens is 5. The summed E-state index contributed by atoms with van der Waals surface area (Å²) in [4.78, 5) is 13.0. The van der Waals surface area contributed by atoms with Crippen LogP contribution in [0.25, 0.3) is 17.1 Å². The average molecular weight is 464 g/mol. The second kappa shape index (κ2) is 9.68. The lowest BCUT2D eigenvalue weighted by molar-refractivity contribution is 0.0950. The summed E-state index contributed by atoms with van der Waals surface area (Å²) in [5.74, 6) is 0.987. The number of benzene rings is 2. The van der Waals surface area contributed by atoms with E-state index in [0.29, 0.717) is 28.4 Å². The summed E-state index contributed by atoms with van der Waals surface area (Å²) < 4.78 is 21.9. The van der Waals surface area contributed by atoms with Crippen molar-refractivity contribution < 1.29 is 23.6 Å². The Hall–Kier alpha value is -4.94. The third kappa shape index (κ3) is 4.21. The number of anilines is 1. The quantitative estimate of drug-likeness (QED) is 0.289. The van der Waals surface area contributed by atoms with Gasteiger partial charge in [-0.15, -0.1) is 5.10 Å². The zero-order chi connectivity index (χ0) is 24.1. The Morgan fingerprint density at radius 2 is 1.94 bits per heavy atom. The molecule has 0 saturated heterocycles. The van der Waals surface area contributed by atoms with Gasteiger partial charge in [0.15, 0.2) is 17.2 Å². The number of ether oxygens (including phenoxy) is 3. The molecule has 0 radical (unpaired) electrons. The zero-order valence-corrected chi connectivity index (χ0v) is 18.4. The highest BCUT2D eigenvalue weighted by Gasteiger charge is 2.25. The van der Waals surface area contributed by atoms with Crippen LogP contribution in [0.1, 0.15) is 16.1 Å². The molecule has 13 heteroatoms. The van der Waals surface area contributed by atoms with Gasteiger partial charge in [-0.05, 0) is 34.6 Å². The number of para-hydroxylation sites is 1. The molecule has 13 nitrogen and oxygen atoms in total. The molecule has 0 aliphatic heterocycles. The maximum Gasteiger partial charge on any atom is 0.294 e. The highest BCUT2D eigenvalue weighted by atomic mass is 16.6. The SMILES string of the molecule is COc1cccc(-c2c(C(=O)N/N=C/c3cccc(OC)c3OC)nnn2-c2nonc2N)c1. The van der Waals surface area contributed by atoms with E-state index in [2.05, 4.69) is 35.8 Å². The van der Waals surface area contributed by atoms with Crippen molar-refractivity contribution in [3.63, 3.8) is 0 Å². The smallest absolute Gasteiger partial charge is 0.294 e. The van der Waals surface area contributed by atoms with E-state index < -0.39 is 5.91 Å². The summed E-state index contributed by atoms with van der Waals surface area (Å²) >= 11 is 0. The molecule has 2 aromatic carbocycles. The van der Waals surface area contributed by atoms with Gasteiger partial charge < -0.3 is 19.9 Å². The van der Waals surface area contributed by atoms with Gasteiger partial charge >= 0.3 is 0 Å². The number of amides is 1. The van der Waals surface area contributed by atoms with Crippen molar-refractivity contribution in [3.05, 3.63) is 53.7 Å². The van der Waals surface area contributed by atoms with E-state index >= 15 is 0 Å². The number of nitrogen functional groups attached to an aromatic ring is 1. The predicted molar refractivity (Wildman–Crippen MR) is 120 cm³/mol. The Morgan fingerprint density at radius 1 is 1.12 bits per heavy atom. The van der Waals surface area contributed by atoms with Crippen LogP contribution in [0.5, 0.6) is 17.2 Å². The van der Waals surface area contributed by atoms with Gasteiger partial charge in [0.1, 0.15) is 11.4 Å². The van der Waals surface area contributed by atoms with E-state index in [1.54, 1.807) is 42.5 Å². The van der Waals surface area contributed by atoms with Crippen molar-refractivity contribution in [2.75, 3.05) is 27.1 Å². The summed E-state index contributed by atoms with van der Waals surface area (Å²) in [5, 5.41) is 19.4. The van der Waals surface area contributed by atoms with Crippen LogP contribution in [0.15, 0.2) is 52.2 Å². The molecule has 0 fully saturated rings. The molecule has 2 heterocycles. The Kier molecular flexibility index (Phi) is 6.34. The largest absolute Gasteiger partial charge is 0.497 e. The van der Waals surface area contributed by atoms with Crippen molar-refractivity contribution >= 4 is 17.9 Å². The molecule has 4 rings (SSSR count). The van der Waals surface area contributed by atoms with Crippen molar-refractivity contribution in [1.29, 1.82) is 0 Å². The molecule has 1 amide bonds. The van der Waals surface area contributed by atoms with Crippen LogP contribution < -0.4 is 25.4 Å². The topological polar surface area (TPSA) is 165 Å². The van der Waals surface area contributed by atoms with E-state index in [0.717, 1.165) is 0 Å². The first-order valence-corrected chi connectivity index (χ1v) is 9.80. The van der Waals surface area contributed by atoms with Gasteiger partial charge in [-0.2, -0.15) is 9.78 Å². The normalized spacial score (nSPS) is 10.9. The van der Waals surface area contributed by atoms with Crippen molar-refractivity contribution in [3.8, 4) is 34.3 Å². The van der Waals surface area contributed by atoms with Crippen LogP contribution in [-0.2, 0) is 0 Å². The molecule has 0 saturated carbocycles. The lowest BCUT2D eigenvalue weighted by atomic mass is 10.1. The Bertz CT molecular complexity index is 1350. The highest BCUT2D eigenvalue weighted by Crippen LogP contribution is 2.30. The Balaban J connectivity index is 1.69. The fourth-order valence-electron chi connectivity index (χ4n) is 3.18. The van der Waals surface area contributed by atoms with Crippen LogP contribution in [0.4, 0.5) is 5.82 Å². The van der Waals surface area contributed by atoms with Crippen molar-refractivity contribution in [1.82, 2.24) is 30.7 Å². The van der Waals surface area contributed by atoms with Crippen molar-refractivity contribution in [2.45, 2.75) is 0 Å². The van der Waals surface area contributed by atoms with Crippen LogP contribution in [0.3, 0.4) is 0 Å². The first-order valence-electron chi connectivity index (χ1n) is 9.80. The van der Waals surface area contributed by atoms with E-state index in [1.807, 2.05) is 0 Å². The minimum absolute atomic E-state index is 0.0239. The number of hydrogen-bond acceptors (Lipinski definition) is 11. The molecule has 2 aromatic heterocycles. The van der Waals surface area contributed by atoms with E-state index in [1.165, 1.54) is 32.2 Å². The molecule has 0 unspecified atom stereocenters. The number of carbonyl (C=O) groups is 1. The van der Waals surface area contributed by atoms with Gasteiger partial charge in [-0.1, -0.05) is 23.4 Å². The fourth-order valence-corrected chi connectivity index (χ4v) is 3.18. The van der Waals surface area contributed by atoms with Crippen LogP contribution in [0.2, 0.25) is 0 Å². The monoisotopic (exact) mass is 464 g/mol. The molecular weight excluding hydrogens is 444 g/mol. The van der Waals surface area contributed by atoms with Crippen LogP contribution >= 0.6 is 0 Å². The summed E-state index contributed by atoms with van der Waals surface area (Å²) in [6.07, 6.45) is 1.43. The predicted octanol–water partition coefficient (Wildman–Crippen LogP) is 1.69. The minimum atomic E-state index is -0.628. The summed E-state index contributed by atoms with van der Waals surface area (Å²) in [6, 6.07) is 12.3. The Labute approximate surface area is 193 Å². The van der Waals surface area contributed by atoms with Gasteiger partial charge in [0.05, 0.1) is 27.5 Å². The number of rotatable bonds is 8. The lowest BCUT2D eigenvalue weighted by Crippen LogP contribution is -2.19. The second-order valence-corrected chi connectivity index (χ2v) is 6.69. The van der Waals surface area contributed by atoms with Gasteiger partial charge in [0.2, 0.25) is 11.6 Å². The molecule has 4 aromatic rings. The van der Waals surface area contributed by atoms with E-state index in [-0.39, 0.29) is 23.0 Å². The number of carbonyl (C=O) groups excluding carboxylic acids is 1. The second-order valence-electron chi connectivity index (χ2n) is 6.69. The maximum atomic E-state index is 13.0. The standard InChI is InChI=1S/C21H20N8O5/c1-31-14-8-4-6-12(10-14)17-16(24-28-29(17)20-19(22)26-34-27-20)21(30)25-23-11-13-7-5-9-15(32-2)18(13)33-3/h4-11H,1-3H3,(H2,22,26)(H,25,30)/b23-11+. The van der Waals surface area contributed by atoms with E-state index in [9.17, 15) is 4.79 Å². The average Bonchev–Trinajstić information content (AvgIpc) is 3.49. The number of methoxy groups -OCH3 is 3. The van der Waals surface area contributed by atoms with E-state index in [4.69, 9.17) is 19.9 Å². The molecule has 0 bridgehead atoms. The first-order chi connectivity index (χ1) is 16.6. The molecule has 0 atom stereocenters. The number of hydrazone groups is 1. The molecule has 34 heavy (non-hydrogen) atoms. The number of nitrogens with one attached hydrogen (secondary N) is 1. The lowest BCUT2D eigenvalue weighted by Gasteiger charge is -2.09. The van der Waals surface area contributed by atoms with Gasteiger partial charge in [0, 0.05) is 11.1 Å².